The van der Waals surface area contributed by atoms with Crippen LogP contribution in [0, 0.1) is 22.7 Å². The number of para-hydroxylation sites is 6. The molecule has 0 bridgehead atoms. The fraction of sp³-hybridized carbons (Fsp3) is 0.0714. The van der Waals surface area contributed by atoms with E-state index in [-0.39, 0.29) is 0 Å². The van der Waals surface area contributed by atoms with Crippen molar-refractivity contribution in [3.05, 3.63) is 204 Å². The number of benzene rings is 7. The number of aromatic nitrogens is 2. The van der Waals surface area contributed by atoms with Crippen LogP contribution in [-0.2, 0) is 0 Å². The second-order valence-corrected chi connectivity index (χ2v) is 15.8. The van der Waals surface area contributed by atoms with Crippen molar-refractivity contribution in [1.29, 1.82) is 10.5 Å². The summed E-state index contributed by atoms with van der Waals surface area (Å²) >= 11 is 0. The van der Waals surface area contributed by atoms with Gasteiger partial charge in [-0.2, -0.15) is 10.5 Å². The highest BCUT2D eigenvalue weighted by molar-refractivity contribution is 6.13. The van der Waals surface area contributed by atoms with Crippen LogP contribution in [-0.4, -0.2) is 9.13 Å². The number of nitriles is 2. The maximum atomic E-state index is 11.8. The lowest BCUT2D eigenvalue weighted by Crippen LogP contribution is -2.14. The third-order valence-corrected chi connectivity index (χ3v) is 12.3. The molecule has 2 heterocycles. The number of fused-ring (bicyclic) bond motifs is 6. The molecule has 62 heavy (non-hydrogen) atoms. The molecule has 0 atom stereocenters. The predicted molar refractivity (Wildman–Crippen MR) is 257 cm³/mol. The number of hydrogen-bond acceptors (Lipinski definition) is 4. The van der Waals surface area contributed by atoms with Crippen LogP contribution in [0.2, 0.25) is 0 Å². The zero-order valence-corrected chi connectivity index (χ0v) is 33.9. The highest BCUT2D eigenvalue weighted by atomic mass is 15.1. The van der Waals surface area contributed by atoms with E-state index in [4.69, 9.17) is 0 Å². The summed E-state index contributed by atoms with van der Waals surface area (Å²) in [6.45, 7) is 0. The second kappa shape index (κ2) is 15.4. The zero-order valence-electron chi connectivity index (χ0n) is 33.9. The first kappa shape index (κ1) is 36.7. The van der Waals surface area contributed by atoms with E-state index in [1.54, 1.807) is 0 Å². The molecule has 294 valence electrons. The summed E-state index contributed by atoms with van der Waals surface area (Å²) in [5, 5.41) is 35.7. The van der Waals surface area contributed by atoms with Crippen LogP contribution >= 0.6 is 0 Å². The first-order valence-corrected chi connectivity index (χ1v) is 21.2. The Labute approximate surface area is 359 Å². The van der Waals surface area contributed by atoms with E-state index < -0.39 is 0 Å². The summed E-state index contributed by atoms with van der Waals surface area (Å²) in [6.07, 6.45) is 17.2. The van der Waals surface area contributed by atoms with Crippen LogP contribution in [0.15, 0.2) is 182 Å². The maximum absolute atomic E-state index is 11.8. The lowest BCUT2D eigenvalue weighted by molar-refractivity contribution is 1.04. The molecular weight excluding hydrogens is 757 g/mol. The summed E-state index contributed by atoms with van der Waals surface area (Å²) < 4.78 is 4.35. The van der Waals surface area contributed by atoms with Crippen LogP contribution in [0.25, 0.3) is 66.1 Å². The van der Waals surface area contributed by atoms with Gasteiger partial charge >= 0.3 is 0 Å². The van der Waals surface area contributed by atoms with Crippen LogP contribution in [0.1, 0.15) is 47.9 Å². The SMILES string of the molecule is N#Cc1c(Nc2ccccc2C2=CCCC=C2)c(-n2c3ccccc3c3ccccc32)c(Nc2ccccc2C2=CCCC=C2)c(C#N)c1-n1c2ccccc2c2ccccc21. The van der Waals surface area contributed by atoms with Crippen molar-refractivity contribution in [3.8, 4) is 23.5 Å². The van der Waals surface area contributed by atoms with Gasteiger partial charge in [-0.15, -0.1) is 0 Å². The predicted octanol–water partition coefficient (Wildman–Crippen LogP) is 14.6. The van der Waals surface area contributed by atoms with Gasteiger partial charge in [0.1, 0.15) is 23.3 Å². The number of rotatable bonds is 8. The normalized spacial score (nSPS) is 13.6. The summed E-state index contributed by atoms with van der Waals surface area (Å²) in [4.78, 5) is 0. The minimum absolute atomic E-state index is 0.352. The highest BCUT2D eigenvalue weighted by Gasteiger charge is 2.31. The standard InChI is InChI=1S/C56H40N6/c57-35-45-53(59-47-29-13-7-23-39(47)37-19-3-1-4-20-37)56(62-51-33-17-11-27-43(51)44-28-12-18-34-52(44)62)54(60-48-30-14-8-24-40(48)38-21-5-2-6-22-38)46(36-58)55(45)61-49-31-15-9-25-41(49)42-26-10-16-32-50(42)61/h3,5,7-34,59-60H,1-2,4,6H2. The molecule has 0 unspecified atom stereocenters. The lowest BCUT2D eigenvalue weighted by atomic mass is 9.95. The Kier molecular flexibility index (Phi) is 9.11. The zero-order chi connectivity index (χ0) is 41.6. The van der Waals surface area contributed by atoms with Gasteiger partial charge in [-0.05, 0) is 73.2 Å². The fourth-order valence-electron chi connectivity index (χ4n) is 9.54. The average molecular weight is 797 g/mol. The van der Waals surface area contributed by atoms with Crippen molar-refractivity contribution >= 4 is 77.5 Å². The Morgan fingerprint density at radius 2 is 0.758 bits per heavy atom. The number of nitrogens with one attached hydrogen (secondary N) is 2. The van der Waals surface area contributed by atoms with Gasteiger partial charge in [0.05, 0.1) is 44.8 Å². The summed E-state index contributed by atoms with van der Waals surface area (Å²) in [6, 6.07) is 55.3. The number of hydrogen-bond donors (Lipinski definition) is 2. The Morgan fingerprint density at radius 1 is 0.403 bits per heavy atom. The van der Waals surface area contributed by atoms with Crippen LogP contribution < -0.4 is 10.6 Å². The Hall–Kier alpha value is -8.32. The van der Waals surface area contributed by atoms with Gasteiger partial charge in [0.25, 0.3) is 0 Å². The molecule has 11 rings (SSSR count). The molecule has 6 heteroatoms. The molecule has 2 N–H and O–H groups in total. The number of nitrogens with zero attached hydrogens (tertiary/aromatic N) is 4. The third kappa shape index (κ3) is 5.92. The summed E-state index contributed by atoms with van der Waals surface area (Å²) in [5.41, 5.74) is 12.8. The fourth-order valence-corrected chi connectivity index (χ4v) is 9.54. The highest BCUT2D eigenvalue weighted by Crippen LogP contribution is 2.49. The van der Waals surface area contributed by atoms with E-state index in [2.05, 4.69) is 178 Å². The minimum atomic E-state index is 0.352. The van der Waals surface area contributed by atoms with E-state index >= 15 is 0 Å². The van der Waals surface area contributed by atoms with Crippen molar-refractivity contribution in [1.82, 2.24) is 9.13 Å². The molecular formula is C56H40N6. The number of allylic oxidation sites excluding steroid dienone is 8. The summed E-state index contributed by atoms with van der Waals surface area (Å²) in [5.74, 6) is 0. The molecule has 6 nitrogen and oxygen atoms in total. The average Bonchev–Trinajstić information content (AvgIpc) is 3.85. The molecule has 0 fully saturated rings. The monoisotopic (exact) mass is 796 g/mol. The van der Waals surface area contributed by atoms with E-state index in [1.807, 2.05) is 36.4 Å². The smallest absolute Gasteiger partial charge is 0.104 e. The van der Waals surface area contributed by atoms with E-state index in [0.717, 1.165) is 103 Å². The van der Waals surface area contributed by atoms with Crippen LogP contribution in [0.3, 0.4) is 0 Å². The van der Waals surface area contributed by atoms with Gasteiger partial charge in [0, 0.05) is 44.0 Å². The molecule has 0 aliphatic heterocycles. The van der Waals surface area contributed by atoms with Crippen LogP contribution in [0.5, 0.6) is 0 Å². The van der Waals surface area contributed by atoms with Gasteiger partial charge in [0.15, 0.2) is 0 Å². The first-order chi connectivity index (χ1) is 30.7. The van der Waals surface area contributed by atoms with Crippen molar-refractivity contribution in [2.24, 2.45) is 0 Å². The van der Waals surface area contributed by atoms with Gasteiger partial charge < -0.3 is 19.8 Å². The Morgan fingerprint density at radius 3 is 1.13 bits per heavy atom. The molecule has 0 radical (unpaired) electrons. The molecule has 0 amide bonds. The molecule has 2 aliphatic rings. The van der Waals surface area contributed by atoms with Crippen molar-refractivity contribution in [3.63, 3.8) is 0 Å². The topological polar surface area (TPSA) is 81.5 Å². The first-order valence-electron chi connectivity index (χ1n) is 21.2. The molecule has 2 aliphatic carbocycles. The molecule has 7 aromatic carbocycles. The Bertz CT molecular complexity index is 3280. The molecule has 9 aromatic rings. The lowest BCUT2D eigenvalue weighted by Gasteiger charge is -2.27. The summed E-state index contributed by atoms with van der Waals surface area (Å²) in [7, 11) is 0. The maximum Gasteiger partial charge on any atom is 0.104 e. The Balaban J connectivity index is 1.33. The van der Waals surface area contributed by atoms with Gasteiger partial charge in [-0.3, -0.25) is 0 Å². The third-order valence-electron chi connectivity index (χ3n) is 12.3. The molecule has 2 aromatic heterocycles. The minimum Gasteiger partial charge on any atom is -0.352 e. The van der Waals surface area contributed by atoms with Gasteiger partial charge in [-0.1, -0.05) is 146 Å². The molecule has 0 saturated heterocycles. The van der Waals surface area contributed by atoms with E-state index in [1.165, 1.54) is 0 Å². The van der Waals surface area contributed by atoms with Crippen LogP contribution in [0.4, 0.5) is 22.7 Å². The van der Waals surface area contributed by atoms with Crippen molar-refractivity contribution in [2.75, 3.05) is 10.6 Å². The van der Waals surface area contributed by atoms with E-state index in [9.17, 15) is 10.5 Å². The molecule has 0 saturated carbocycles. The van der Waals surface area contributed by atoms with E-state index in [0.29, 0.717) is 33.9 Å². The van der Waals surface area contributed by atoms with Gasteiger partial charge in [0.2, 0.25) is 0 Å². The van der Waals surface area contributed by atoms with Crippen molar-refractivity contribution in [2.45, 2.75) is 25.7 Å². The molecule has 0 spiro atoms. The largest absolute Gasteiger partial charge is 0.352 e. The van der Waals surface area contributed by atoms with Gasteiger partial charge in [-0.25, -0.2) is 0 Å². The quantitative estimate of drug-likeness (QED) is 0.160. The van der Waals surface area contributed by atoms with Crippen molar-refractivity contribution < 1.29 is 0 Å². The number of anilines is 4. The second-order valence-electron chi connectivity index (χ2n) is 15.8.